The van der Waals surface area contributed by atoms with Crippen molar-refractivity contribution in [3.05, 3.63) is 29.8 Å². The Bertz CT molecular complexity index is 578. The molecule has 0 saturated carbocycles. The maximum atomic E-state index is 12.3. The molecule has 0 spiro atoms. The summed E-state index contributed by atoms with van der Waals surface area (Å²) >= 11 is 0. The van der Waals surface area contributed by atoms with Crippen LogP contribution < -0.4 is 10.5 Å². The minimum atomic E-state index is -3.70. The van der Waals surface area contributed by atoms with Gasteiger partial charge >= 0.3 is 5.97 Å². The molecule has 0 fully saturated rings. The molecule has 0 saturated heterocycles. The zero-order valence-corrected chi connectivity index (χ0v) is 14.4. The van der Waals surface area contributed by atoms with Crippen molar-refractivity contribution >= 4 is 28.4 Å². The molecule has 1 atom stereocenters. The van der Waals surface area contributed by atoms with Gasteiger partial charge in [-0.1, -0.05) is 25.8 Å². The van der Waals surface area contributed by atoms with Crippen molar-refractivity contribution in [3.8, 4) is 0 Å². The van der Waals surface area contributed by atoms with Crippen LogP contribution in [0.15, 0.2) is 29.2 Å². The zero-order valence-electron chi connectivity index (χ0n) is 12.7. The number of halogens is 1. The average molecular weight is 351 g/mol. The lowest BCUT2D eigenvalue weighted by atomic mass is 10.1. The highest BCUT2D eigenvalue weighted by atomic mass is 35.5. The second-order valence-corrected chi connectivity index (χ2v) is 6.43. The Morgan fingerprint density at radius 1 is 1.41 bits per heavy atom. The van der Waals surface area contributed by atoms with Gasteiger partial charge in [-0.3, -0.25) is 0 Å². The smallest absolute Gasteiger partial charge is 0.337 e. The number of ether oxygens (including phenoxy) is 1. The fourth-order valence-electron chi connectivity index (χ4n) is 1.87. The van der Waals surface area contributed by atoms with Gasteiger partial charge in [0.05, 0.1) is 17.6 Å². The van der Waals surface area contributed by atoms with E-state index >= 15 is 0 Å². The molecule has 1 rings (SSSR count). The van der Waals surface area contributed by atoms with Gasteiger partial charge < -0.3 is 10.5 Å². The molecule has 1 aromatic carbocycles. The first kappa shape index (κ1) is 20.9. The molecule has 1 aromatic rings. The number of nitrogens with one attached hydrogen (secondary N) is 1. The predicted molar refractivity (Wildman–Crippen MR) is 87.7 cm³/mol. The van der Waals surface area contributed by atoms with Crippen LogP contribution in [-0.4, -0.2) is 34.1 Å². The second-order valence-electron chi connectivity index (χ2n) is 4.72. The summed E-state index contributed by atoms with van der Waals surface area (Å²) in [6.07, 6.45) is 2.55. The van der Waals surface area contributed by atoms with Gasteiger partial charge in [-0.25, -0.2) is 17.9 Å². The minimum Gasteiger partial charge on any atom is -0.465 e. The number of unbranched alkanes of at least 4 members (excludes halogenated alkanes) is 1. The summed E-state index contributed by atoms with van der Waals surface area (Å²) in [5.74, 6) is -0.576. The van der Waals surface area contributed by atoms with Crippen LogP contribution in [0.4, 0.5) is 0 Å². The Morgan fingerprint density at radius 2 is 2.09 bits per heavy atom. The van der Waals surface area contributed by atoms with E-state index in [9.17, 15) is 13.2 Å². The van der Waals surface area contributed by atoms with Crippen LogP contribution in [0.2, 0.25) is 0 Å². The van der Waals surface area contributed by atoms with E-state index in [1.165, 1.54) is 31.4 Å². The standard InChI is InChI=1S/C14H22N2O4S.ClH/c1-3-4-7-12(10-15)16-21(18,19)13-8-5-6-11(9-13)14(17)20-2;/h5-6,8-9,12,16H,3-4,7,10,15H2,1-2H3;1H. The Kier molecular flexibility index (Phi) is 9.27. The number of benzene rings is 1. The predicted octanol–water partition coefficient (Wildman–Crippen LogP) is 1.69. The minimum absolute atomic E-state index is 0. The van der Waals surface area contributed by atoms with Gasteiger partial charge in [-0.15, -0.1) is 12.4 Å². The third-order valence-electron chi connectivity index (χ3n) is 3.08. The van der Waals surface area contributed by atoms with Crippen molar-refractivity contribution in [1.82, 2.24) is 4.72 Å². The van der Waals surface area contributed by atoms with Crippen molar-refractivity contribution < 1.29 is 17.9 Å². The number of rotatable bonds is 8. The number of esters is 1. The summed E-state index contributed by atoms with van der Waals surface area (Å²) in [6, 6.07) is 5.42. The molecule has 8 heteroatoms. The molecule has 0 aliphatic heterocycles. The van der Waals surface area contributed by atoms with E-state index in [0.717, 1.165) is 12.8 Å². The largest absolute Gasteiger partial charge is 0.465 e. The summed E-state index contributed by atoms with van der Waals surface area (Å²) in [5.41, 5.74) is 5.79. The summed E-state index contributed by atoms with van der Waals surface area (Å²) in [6.45, 7) is 2.26. The number of methoxy groups -OCH3 is 1. The fraction of sp³-hybridized carbons (Fsp3) is 0.500. The van der Waals surface area contributed by atoms with Crippen LogP contribution in [0.1, 0.15) is 36.5 Å². The molecule has 0 bridgehead atoms. The molecule has 3 N–H and O–H groups in total. The topological polar surface area (TPSA) is 98.5 Å². The first-order chi connectivity index (χ1) is 9.94. The zero-order chi connectivity index (χ0) is 15.9. The molecule has 0 aliphatic rings. The number of hydrogen-bond acceptors (Lipinski definition) is 5. The molecule has 0 radical (unpaired) electrons. The van der Waals surface area contributed by atoms with Crippen LogP contribution >= 0.6 is 12.4 Å². The quantitative estimate of drug-likeness (QED) is 0.695. The molecule has 22 heavy (non-hydrogen) atoms. The summed E-state index contributed by atoms with van der Waals surface area (Å²) in [4.78, 5) is 11.5. The summed E-state index contributed by atoms with van der Waals surface area (Å²) in [7, 11) is -2.46. The van der Waals surface area contributed by atoms with Gasteiger partial charge in [-0.2, -0.15) is 0 Å². The average Bonchev–Trinajstić information content (AvgIpc) is 2.50. The van der Waals surface area contributed by atoms with Crippen molar-refractivity contribution in [2.24, 2.45) is 5.73 Å². The van der Waals surface area contributed by atoms with Gasteiger partial charge in [0.15, 0.2) is 0 Å². The summed E-state index contributed by atoms with van der Waals surface area (Å²) < 4.78 is 31.8. The summed E-state index contributed by atoms with van der Waals surface area (Å²) in [5, 5.41) is 0. The second kappa shape index (κ2) is 9.78. The number of carbonyl (C=O) groups excluding carboxylic acids is 1. The SMILES string of the molecule is CCCCC(CN)NS(=O)(=O)c1cccc(C(=O)OC)c1.Cl. The molecule has 0 amide bonds. The van der Waals surface area contributed by atoms with Crippen molar-refractivity contribution in [3.63, 3.8) is 0 Å². The van der Waals surface area contributed by atoms with Crippen molar-refractivity contribution in [2.75, 3.05) is 13.7 Å². The van der Waals surface area contributed by atoms with E-state index in [2.05, 4.69) is 9.46 Å². The Labute approximate surface area is 137 Å². The highest BCUT2D eigenvalue weighted by molar-refractivity contribution is 7.89. The molecule has 0 heterocycles. The molecule has 0 aromatic heterocycles. The number of nitrogens with two attached hydrogens (primary N) is 1. The van der Waals surface area contributed by atoms with E-state index in [0.29, 0.717) is 6.42 Å². The van der Waals surface area contributed by atoms with Crippen LogP contribution in [-0.2, 0) is 14.8 Å². The van der Waals surface area contributed by atoms with Gasteiger partial charge in [0.2, 0.25) is 10.0 Å². The first-order valence-electron chi connectivity index (χ1n) is 6.85. The normalized spacial score (nSPS) is 12.3. The third kappa shape index (κ3) is 5.92. The number of hydrogen-bond donors (Lipinski definition) is 2. The maximum Gasteiger partial charge on any atom is 0.337 e. The fourth-order valence-corrected chi connectivity index (χ4v) is 3.20. The van der Waals surface area contributed by atoms with Crippen LogP contribution in [0.3, 0.4) is 0 Å². The van der Waals surface area contributed by atoms with E-state index in [1.807, 2.05) is 6.92 Å². The van der Waals surface area contributed by atoms with E-state index in [-0.39, 0.29) is 35.5 Å². The lowest BCUT2D eigenvalue weighted by Crippen LogP contribution is -2.40. The number of sulfonamides is 1. The van der Waals surface area contributed by atoms with Crippen molar-refractivity contribution in [2.45, 2.75) is 37.1 Å². The molecular formula is C14H23ClN2O4S. The van der Waals surface area contributed by atoms with Gasteiger partial charge in [0, 0.05) is 12.6 Å². The van der Waals surface area contributed by atoms with E-state index in [4.69, 9.17) is 5.73 Å². The molecule has 126 valence electrons. The Balaban J connectivity index is 0.00000441. The third-order valence-corrected chi connectivity index (χ3v) is 4.60. The molecular weight excluding hydrogens is 328 g/mol. The first-order valence-corrected chi connectivity index (χ1v) is 8.33. The Morgan fingerprint density at radius 3 is 2.64 bits per heavy atom. The highest BCUT2D eigenvalue weighted by Gasteiger charge is 2.20. The highest BCUT2D eigenvalue weighted by Crippen LogP contribution is 2.13. The maximum absolute atomic E-state index is 12.3. The lowest BCUT2D eigenvalue weighted by molar-refractivity contribution is 0.0600. The van der Waals surface area contributed by atoms with Gasteiger partial charge in [-0.05, 0) is 24.6 Å². The monoisotopic (exact) mass is 350 g/mol. The van der Waals surface area contributed by atoms with E-state index in [1.54, 1.807) is 0 Å². The Hall–Kier alpha value is -1.15. The molecule has 6 nitrogen and oxygen atoms in total. The molecule has 0 aliphatic carbocycles. The van der Waals surface area contributed by atoms with E-state index < -0.39 is 16.0 Å². The molecule has 1 unspecified atom stereocenters. The van der Waals surface area contributed by atoms with Crippen molar-refractivity contribution in [1.29, 1.82) is 0 Å². The van der Waals surface area contributed by atoms with Crippen LogP contribution in [0, 0.1) is 0 Å². The van der Waals surface area contributed by atoms with Crippen LogP contribution in [0.25, 0.3) is 0 Å². The lowest BCUT2D eigenvalue weighted by Gasteiger charge is -2.16. The van der Waals surface area contributed by atoms with Gasteiger partial charge in [0.25, 0.3) is 0 Å². The van der Waals surface area contributed by atoms with Crippen LogP contribution in [0.5, 0.6) is 0 Å². The number of carbonyl (C=O) groups is 1. The van der Waals surface area contributed by atoms with Gasteiger partial charge in [0.1, 0.15) is 0 Å².